The molecule has 0 bridgehead atoms. The first kappa shape index (κ1) is 17.0. The van der Waals surface area contributed by atoms with Crippen LogP contribution in [0.3, 0.4) is 0 Å². The Kier molecular flexibility index (Phi) is 5.91. The Hall–Kier alpha value is -0.990. The number of nitrogens with one attached hydrogen (secondary N) is 1. The lowest BCUT2D eigenvalue weighted by atomic mass is 10.1. The van der Waals surface area contributed by atoms with Gasteiger partial charge in [-0.2, -0.15) is 26.3 Å². The van der Waals surface area contributed by atoms with Gasteiger partial charge < -0.3 is 11.1 Å². The quantitative estimate of drug-likeness (QED) is 0.756. The molecule has 3 N–H and O–H groups in total. The van der Waals surface area contributed by atoms with E-state index in [9.17, 15) is 31.1 Å². The van der Waals surface area contributed by atoms with Gasteiger partial charge in [0.15, 0.2) is 0 Å². The van der Waals surface area contributed by atoms with Gasteiger partial charge in [-0.3, -0.25) is 4.79 Å². The van der Waals surface area contributed by atoms with Crippen LogP contribution in [0.5, 0.6) is 0 Å². The zero-order valence-electron chi connectivity index (χ0n) is 9.53. The molecule has 3 nitrogen and oxygen atoms in total. The molecule has 0 rings (SSSR count). The van der Waals surface area contributed by atoms with Crippen LogP contribution in [0, 0.1) is 5.92 Å². The molecule has 18 heavy (non-hydrogen) atoms. The number of carbonyl (C=O) groups excluding carboxylic acids is 1. The van der Waals surface area contributed by atoms with E-state index in [0.717, 1.165) is 0 Å². The maximum absolute atomic E-state index is 12.1. The van der Waals surface area contributed by atoms with E-state index in [1.54, 1.807) is 12.2 Å². The van der Waals surface area contributed by atoms with Crippen LogP contribution in [0.25, 0.3) is 0 Å². The first-order valence-electron chi connectivity index (χ1n) is 5.16. The molecule has 1 atom stereocenters. The zero-order valence-corrected chi connectivity index (χ0v) is 9.53. The van der Waals surface area contributed by atoms with Crippen molar-refractivity contribution in [3.63, 3.8) is 0 Å². The van der Waals surface area contributed by atoms with E-state index in [0.29, 0.717) is 12.8 Å². The van der Waals surface area contributed by atoms with E-state index in [2.05, 4.69) is 0 Å². The summed E-state index contributed by atoms with van der Waals surface area (Å²) in [5, 5.41) is 1.58. The van der Waals surface area contributed by atoms with Crippen LogP contribution < -0.4 is 11.1 Å². The number of hydrogen-bond donors (Lipinski definition) is 2. The highest BCUT2D eigenvalue weighted by Crippen LogP contribution is 2.39. The van der Waals surface area contributed by atoms with Crippen LogP contribution in [0.4, 0.5) is 26.3 Å². The van der Waals surface area contributed by atoms with Crippen LogP contribution in [-0.4, -0.2) is 30.8 Å². The lowest BCUT2D eigenvalue weighted by molar-refractivity contribution is -0.274. The van der Waals surface area contributed by atoms with Gasteiger partial charge in [-0.25, -0.2) is 0 Å². The summed E-state index contributed by atoms with van der Waals surface area (Å²) in [7, 11) is 0. The summed E-state index contributed by atoms with van der Waals surface area (Å²) in [5.74, 6) is -6.14. The monoisotopic (exact) mass is 280 g/mol. The fraction of sp³-hybridized carbons (Fsp3) is 0.889. The van der Waals surface area contributed by atoms with Gasteiger partial charge in [-0.05, 0) is 6.42 Å². The smallest absolute Gasteiger partial charge is 0.354 e. The van der Waals surface area contributed by atoms with Gasteiger partial charge in [0.1, 0.15) is 0 Å². The van der Waals surface area contributed by atoms with Gasteiger partial charge in [0.2, 0.25) is 11.8 Å². The predicted octanol–water partition coefficient (Wildman–Crippen LogP) is 1.97. The average molecular weight is 280 g/mol. The Morgan fingerprint density at radius 2 is 1.61 bits per heavy atom. The van der Waals surface area contributed by atoms with E-state index in [1.165, 1.54) is 0 Å². The van der Waals surface area contributed by atoms with Crippen molar-refractivity contribution in [1.82, 2.24) is 5.32 Å². The number of rotatable bonds is 5. The van der Waals surface area contributed by atoms with E-state index in [1.807, 2.05) is 0 Å². The maximum Gasteiger partial charge on any atom is 0.409 e. The highest BCUT2D eigenvalue weighted by atomic mass is 19.4. The molecular formula is C9H14F6N2O. The van der Waals surface area contributed by atoms with Crippen LogP contribution in [0.2, 0.25) is 0 Å². The lowest BCUT2D eigenvalue weighted by Gasteiger charge is -2.22. The minimum Gasteiger partial charge on any atom is -0.354 e. The molecule has 0 aromatic rings. The highest BCUT2D eigenvalue weighted by molar-refractivity contribution is 5.80. The fourth-order valence-corrected chi connectivity index (χ4v) is 1.29. The topological polar surface area (TPSA) is 55.1 Å². The Morgan fingerprint density at radius 1 is 1.17 bits per heavy atom. The molecule has 0 aromatic heterocycles. The van der Waals surface area contributed by atoms with Crippen molar-refractivity contribution in [3.05, 3.63) is 0 Å². The minimum atomic E-state index is -5.67. The first-order chi connectivity index (χ1) is 8.00. The van der Waals surface area contributed by atoms with E-state index < -0.39 is 36.8 Å². The van der Waals surface area contributed by atoms with E-state index in [4.69, 9.17) is 5.73 Å². The SMILES string of the molecule is CCCC(N)CNC(=O)C(C(F)(F)F)C(F)(F)F. The molecular weight excluding hydrogens is 266 g/mol. The molecule has 0 fully saturated rings. The first-order valence-corrected chi connectivity index (χ1v) is 5.16. The summed E-state index contributed by atoms with van der Waals surface area (Å²) in [5.41, 5.74) is 5.37. The van der Waals surface area contributed by atoms with Crippen molar-refractivity contribution in [1.29, 1.82) is 0 Å². The average Bonchev–Trinajstić information content (AvgIpc) is 2.10. The molecule has 0 aliphatic heterocycles. The molecule has 108 valence electrons. The molecule has 0 radical (unpaired) electrons. The molecule has 0 aromatic carbocycles. The summed E-state index contributed by atoms with van der Waals surface area (Å²) in [6.07, 6.45) is -10.3. The lowest BCUT2D eigenvalue weighted by Crippen LogP contribution is -2.50. The maximum atomic E-state index is 12.1. The number of nitrogens with two attached hydrogens (primary N) is 1. The molecule has 0 saturated carbocycles. The number of halogens is 6. The second-order valence-corrected chi connectivity index (χ2v) is 3.81. The molecule has 1 unspecified atom stereocenters. The summed E-state index contributed by atoms with van der Waals surface area (Å²) in [6.45, 7) is 1.32. The van der Waals surface area contributed by atoms with Crippen LogP contribution in [0.15, 0.2) is 0 Å². The largest absolute Gasteiger partial charge is 0.409 e. The second kappa shape index (κ2) is 6.26. The third kappa shape index (κ3) is 5.56. The zero-order chi connectivity index (χ0) is 14.6. The molecule has 0 saturated heterocycles. The van der Waals surface area contributed by atoms with Gasteiger partial charge in [-0.1, -0.05) is 13.3 Å². The summed E-state index contributed by atoms with van der Waals surface area (Å²) >= 11 is 0. The Balaban J connectivity index is 4.61. The van der Waals surface area contributed by atoms with Crippen LogP contribution in [0.1, 0.15) is 19.8 Å². The van der Waals surface area contributed by atoms with Crippen molar-refractivity contribution in [2.75, 3.05) is 6.54 Å². The predicted molar refractivity (Wildman–Crippen MR) is 51.5 cm³/mol. The number of alkyl halides is 6. The van der Waals surface area contributed by atoms with Crippen molar-refractivity contribution in [2.45, 2.75) is 38.2 Å². The summed E-state index contributed by atoms with van der Waals surface area (Å²) in [4.78, 5) is 10.9. The van der Waals surface area contributed by atoms with Crippen molar-refractivity contribution in [3.8, 4) is 0 Å². The van der Waals surface area contributed by atoms with Crippen molar-refractivity contribution < 1.29 is 31.1 Å². The van der Waals surface area contributed by atoms with E-state index in [-0.39, 0.29) is 0 Å². The normalized spacial score (nSPS) is 14.7. The Bertz CT molecular complexity index is 261. The molecule has 0 spiro atoms. The molecule has 0 aliphatic rings. The minimum absolute atomic E-state index is 0.392. The van der Waals surface area contributed by atoms with Gasteiger partial charge in [0, 0.05) is 12.6 Å². The number of hydrogen-bond acceptors (Lipinski definition) is 2. The molecule has 1 amide bonds. The second-order valence-electron chi connectivity index (χ2n) is 3.81. The summed E-state index contributed by atoms with van der Waals surface area (Å²) < 4.78 is 72.8. The highest BCUT2D eigenvalue weighted by Gasteiger charge is 2.61. The van der Waals surface area contributed by atoms with Crippen LogP contribution >= 0.6 is 0 Å². The molecule has 9 heteroatoms. The van der Waals surface area contributed by atoms with Gasteiger partial charge in [-0.15, -0.1) is 0 Å². The van der Waals surface area contributed by atoms with Crippen molar-refractivity contribution >= 4 is 5.91 Å². The van der Waals surface area contributed by atoms with Crippen molar-refractivity contribution in [2.24, 2.45) is 11.7 Å². The van der Waals surface area contributed by atoms with Gasteiger partial charge in [0.05, 0.1) is 0 Å². The Labute approximate surface area is 99.7 Å². The van der Waals surface area contributed by atoms with Gasteiger partial charge in [0.25, 0.3) is 0 Å². The van der Waals surface area contributed by atoms with E-state index >= 15 is 0 Å². The molecule has 0 aliphatic carbocycles. The third-order valence-electron chi connectivity index (χ3n) is 2.11. The molecule has 0 heterocycles. The fourth-order valence-electron chi connectivity index (χ4n) is 1.29. The van der Waals surface area contributed by atoms with Crippen LogP contribution in [-0.2, 0) is 4.79 Å². The summed E-state index contributed by atoms with van der Waals surface area (Å²) in [6, 6.07) is -0.666. The Morgan fingerprint density at radius 3 is 1.94 bits per heavy atom. The standard InChI is InChI=1S/C9H14F6N2O/c1-2-3-5(16)4-17-7(18)6(8(10,11)12)9(13,14)15/h5-6H,2-4,16H2,1H3,(H,17,18). The number of carbonyl (C=O) groups is 1. The van der Waals surface area contributed by atoms with Gasteiger partial charge >= 0.3 is 12.4 Å². The number of amides is 1. The third-order valence-corrected chi connectivity index (χ3v) is 2.11.